The maximum Gasteiger partial charge on any atom is 0.338 e. The fourth-order valence-corrected chi connectivity index (χ4v) is 11.5. The molecular formula is C29H58ClN3O3Si. The predicted molar refractivity (Wildman–Crippen MR) is 155 cm³/mol. The molecule has 37 heavy (non-hydrogen) atoms. The van der Waals surface area contributed by atoms with Crippen molar-refractivity contribution in [3.8, 4) is 0 Å². The van der Waals surface area contributed by atoms with Crippen LogP contribution in [0.4, 0.5) is 0 Å². The van der Waals surface area contributed by atoms with Crippen LogP contribution in [0.3, 0.4) is 0 Å². The topological polar surface area (TPSA) is 93.7 Å². The van der Waals surface area contributed by atoms with Crippen molar-refractivity contribution in [1.82, 2.24) is 0 Å². The minimum Gasteiger partial charge on any atom is -1.00 e. The lowest BCUT2D eigenvalue weighted by atomic mass is 9.96. The van der Waals surface area contributed by atoms with Crippen molar-refractivity contribution in [3.63, 3.8) is 0 Å². The molecule has 5 N–H and O–H groups in total. The second-order valence-electron chi connectivity index (χ2n) is 11.7. The number of nitrogens with one attached hydrogen (secondary N) is 1. The molecule has 6 nitrogen and oxygen atoms in total. The molecule has 0 spiro atoms. The van der Waals surface area contributed by atoms with Crippen LogP contribution in [0.1, 0.15) is 107 Å². The second-order valence-corrected chi connectivity index (χ2v) is 17.1. The number of nitrogens with two attached hydrogens (primary N) is 2. The highest BCUT2D eigenvalue weighted by atomic mass is 35.5. The number of guanidine groups is 1. The summed E-state index contributed by atoms with van der Waals surface area (Å²) in [6.45, 7) is 22.0. The maximum atomic E-state index is 7.00. The quantitative estimate of drug-likeness (QED) is 0.117. The molecule has 0 amide bonds. The number of hydrogen-bond donors (Lipinski definition) is 3. The van der Waals surface area contributed by atoms with Gasteiger partial charge in [-0.1, -0.05) is 72.3 Å². The molecule has 218 valence electrons. The van der Waals surface area contributed by atoms with Gasteiger partial charge in [-0.05, 0) is 62.6 Å². The Bertz CT molecular complexity index is 689. The molecule has 2 atom stereocenters. The zero-order valence-electron chi connectivity index (χ0n) is 25.2. The number of ether oxygens (including phenoxy) is 2. The molecule has 1 aliphatic rings. The Hall–Kier alpha value is -0.863. The van der Waals surface area contributed by atoms with E-state index >= 15 is 0 Å². The van der Waals surface area contributed by atoms with Crippen molar-refractivity contribution in [2.45, 2.75) is 142 Å². The molecule has 0 saturated carbocycles. The van der Waals surface area contributed by atoms with Gasteiger partial charge in [0.05, 0.1) is 25.4 Å². The van der Waals surface area contributed by atoms with Gasteiger partial charge in [0.2, 0.25) is 8.32 Å². The molecule has 0 aromatic carbocycles. The van der Waals surface area contributed by atoms with Crippen LogP contribution in [0.2, 0.25) is 16.6 Å². The highest BCUT2D eigenvalue weighted by molar-refractivity contribution is 6.77. The van der Waals surface area contributed by atoms with E-state index in [0.29, 0.717) is 23.0 Å². The first-order valence-corrected chi connectivity index (χ1v) is 16.4. The van der Waals surface area contributed by atoms with E-state index in [9.17, 15) is 0 Å². The van der Waals surface area contributed by atoms with Gasteiger partial charge in [0.1, 0.15) is 0 Å². The van der Waals surface area contributed by atoms with Crippen LogP contribution in [0.5, 0.6) is 0 Å². The third-order valence-corrected chi connectivity index (χ3v) is 13.6. The summed E-state index contributed by atoms with van der Waals surface area (Å²) in [5, 5.41) is 0. The highest BCUT2D eigenvalue weighted by Gasteiger charge is 2.46. The number of halogens is 1. The summed E-state index contributed by atoms with van der Waals surface area (Å²) >= 11 is 0. The average Bonchev–Trinajstić information content (AvgIpc) is 2.78. The summed E-state index contributed by atoms with van der Waals surface area (Å²) in [6, 6.07) is 0.0918. The lowest BCUT2D eigenvalue weighted by molar-refractivity contribution is -0.517. The Morgan fingerprint density at radius 2 is 1.57 bits per heavy atom. The first-order valence-electron chi connectivity index (χ1n) is 14.3. The third-order valence-electron chi connectivity index (χ3n) is 7.52. The summed E-state index contributed by atoms with van der Waals surface area (Å²) in [5.74, 6) is -0.366. The average molecular weight is 560 g/mol. The molecule has 1 aliphatic heterocycles. The molecule has 1 fully saturated rings. The minimum atomic E-state index is -1.92. The van der Waals surface area contributed by atoms with E-state index in [2.05, 4.69) is 85.5 Å². The normalized spacial score (nSPS) is 17.6. The number of allylic oxidation sites excluding steroid dienone is 3. The largest absolute Gasteiger partial charge is 1.00 e. The van der Waals surface area contributed by atoms with Crippen molar-refractivity contribution in [3.05, 3.63) is 23.8 Å². The van der Waals surface area contributed by atoms with Crippen LogP contribution in [-0.2, 0) is 13.9 Å². The summed E-state index contributed by atoms with van der Waals surface area (Å²) < 4.78 is 19.6. The van der Waals surface area contributed by atoms with E-state index in [4.69, 9.17) is 25.4 Å². The van der Waals surface area contributed by atoms with E-state index in [1.807, 2.05) is 0 Å². The van der Waals surface area contributed by atoms with Crippen molar-refractivity contribution in [1.29, 1.82) is 0 Å². The lowest BCUT2D eigenvalue weighted by Crippen LogP contribution is -3.00. The van der Waals surface area contributed by atoms with Gasteiger partial charge >= 0.3 is 5.96 Å². The van der Waals surface area contributed by atoms with Crippen molar-refractivity contribution >= 4 is 14.3 Å². The van der Waals surface area contributed by atoms with Gasteiger partial charge in [0.15, 0.2) is 5.79 Å². The lowest BCUT2D eigenvalue weighted by Gasteiger charge is -2.44. The van der Waals surface area contributed by atoms with Gasteiger partial charge in [-0.15, -0.1) is 0 Å². The van der Waals surface area contributed by atoms with Crippen LogP contribution in [0, 0.1) is 0 Å². The summed E-state index contributed by atoms with van der Waals surface area (Å²) in [7, 11) is -1.92. The van der Waals surface area contributed by atoms with Gasteiger partial charge in [-0.25, -0.2) is 0 Å². The first-order chi connectivity index (χ1) is 16.9. The Morgan fingerprint density at radius 1 is 1.00 bits per heavy atom. The molecule has 0 bridgehead atoms. The van der Waals surface area contributed by atoms with Crippen LogP contribution < -0.4 is 28.9 Å². The fourth-order valence-electron chi connectivity index (χ4n) is 5.87. The molecule has 0 radical (unpaired) electrons. The van der Waals surface area contributed by atoms with Crippen LogP contribution in [-0.4, -0.2) is 45.4 Å². The third kappa shape index (κ3) is 11.8. The second kappa shape index (κ2) is 17.7. The molecule has 1 rings (SSSR count). The number of hydrogen-bond acceptors (Lipinski definition) is 3. The number of rotatable bonds is 16. The Morgan fingerprint density at radius 3 is 2.03 bits per heavy atom. The van der Waals surface area contributed by atoms with Crippen molar-refractivity contribution in [2.75, 3.05) is 13.2 Å². The van der Waals surface area contributed by atoms with Crippen molar-refractivity contribution < 1.29 is 31.3 Å². The zero-order chi connectivity index (χ0) is 27.4. The summed E-state index contributed by atoms with van der Waals surface area (Å²) in [4.78, 5) is 3.25. The molecular weight excluding hydrogens is 502 g/mol. The summed E-state index contributed by atoms with van der Waals surface area (Å²) in [5.41, 5.74) is 14.7. The molecule has 0 aliphatic carbocycles. The van der Waals surface area contributed by atoms with E-state index in [1.165, 1.54) is 5.57 Å². The maximum absolute atomic E-state index is 7.00. The zero-order valence-corrected chi connectivity index (χ0v) is 27.0. The van der Waals surface area contributed by atoms with E-state index in [-0.39, 0.29) is 30.5 Å². The molecule has 0 unspecified atom stereocenters. The summed E-state index contributed by atoms with van der Waals surface area (Å²) in [6.07, 6.45) is 13.1. The highest BCUT2D eigenvalue weighted by Crippen LogP contribution is 2.43. The van der Waals surface area contributed by atoms with Crippen LogP contribution in [0.15, 0.2) is 23.8 Å². The van der Waals surface area contributed by atoms with Crippen LogP contribution >= 0.6 is 0 Å². The molecule has 1 saturated heterocycles. The van der Waals surface area contributed by atoms with Gasteiger partial charge in [-0.3, -0.25) is 16.5 Å². The Balaban J connectivity index is 0.0000130. The fraction of sp³-hybridized carbons (Fsp3) is 0.828. The van der Waals surface area contributed by atoms with Gasteiger partial charge in [-0.2, -0.15) is 0 Å². The Kier molecular flexibility index (Phi) is 17.3. The smallest absolute Gasteiger partial charge is 0.338 e. The van der Waals surface area contributed by atoms with Gasteiger partial charge < -0.3 is 26.3 Å². The standard InChI is InChI=1S/C29H57N3O3Si.ClH/c1-10-27(35-36(23(4)5,24(6)7)25(8)9)17-11-12-18-29(33-19-14-20-34-29)21-26(32-28(30)31)16-13-15-22(2)3;/h11,15,17,23-27H,10,12-14,16,18-21H2,1-9H3,(H4,30,31,32);1H/b17-11-;/t26-,27-;/m0./s1. The first kappa shape index (κ1) is 36.1. The Labute approximate surface area is 235 Å². The monoisotopic (exact) mass is 559 g/mol. The van der Waals surface area contributed by atoms with Crippen LogP contribution in [0.25, 0.3) is 0 Å². The van der Waals surface area contributed by atoms with Gasteiger partial charge in [0, 0.05) is 12.8 Å². The molecule has 8 heteroatoms. The van der Waals surface area contributed by atoms with E-state index in [1.54, 1.807) is 0 Å². The molecule has 0 aromatic rings. The minimum absolute atomic E-state index is 0. The van der Waals surface area contributed by atoms with Crippen molar-refractivity contribution in [2.24, 2.45) is 11.5 Å². The molecule has 0 aromatic heterocycles. The van der Waals surface area contributed by atoms with E-state index in [0.717, 1.165) is 51.7 Å². The predicted octanol–water partition coefficient (Wildman–Crippen LogP) is 2.29. The SMILES string of the molecule is CC[C@@H](/C=C\CCC1(C[C@H](CCC=C(C)C)[NH+]=C(N)N)OCCCO1)O[Si](C(C)C)(C(C)C)C(C)C.[Cl-]. The van der Waals surface area contributed by atoms with E-state index < -0.39 is 14.1 Å². The van der Waals surface area contributed by atoms with Gasteiger partial charge in [0.25, 0.3) is 0 Å². The molecule has 1 heterocycles.